The fourth-order valence-electron chi connectivity index (χ4n) is 3.32. The lowest BCUT2D eigenvalue weighted by molar-refractivity contribution is 0.0977. The molecular formula is C25H21Cl2N3O2S. The second-order valence-corrected chi connectivity index (χ2v) is 8.90. The first-order valence-electron chi connectivity index (χ1n) is 10.4. The molecule has 4 aromatic rings. The maximum atomic E-state index is 12.4. The summed E-state index contributed by atoms with van der Waals surface area (Å²) in [6.45, 7) is 4.36. The number of anilines is 1. The third-order valence-corrected chi connectivity index (χ3v) is 6.31. The maximum Gasteiger partial charge on any atom is 0.257 e. The highest BCUT2D eigenvalue weighted by molar-refractivity contribution is 7.80. The van der Waals surface area contributed by atoms with Gasteiger partial charge in [0, 0.05) is 16.8 Å². The Labute approximate surface area is 207 Å². The van der Waals surface area contributed by atoms with Crippen LogP contribution in [-0.2, 0) is 0 Å². The Balaban J connectivity index is 1.49. The molecule has 4 rings (SSSR count). The van der Waals surface area contributed by atoms with Crippen molar-refractivity contribution < 1.29 is 9.21 Å². The van der Waals surface area contributed by atoms with Gasteiger partial charge in [0.15, 0.2) is 10.7 Å². The summed E-state index contributed by atoms with van der Waals surface area (Å²) in [4.78, 5) is 17.1. The highest BCUT2D eigenvalue weighted by Gasteiger charge is 2.13. The molecule has 168 valence electrons. The van der Waals surface area contributed by atoms with E-state index in [9.17, 15) is 4.79 Å². The summed E-state index contributed by atoms with van der Waals surface area (Å²) in [6, 6.07) is 18.2. The molecule has 0 saturated carbocycles. The van der Waals surface area contributed by atoms with Gasteiger partial charge in [-0.15, -0.1) is 0 Å². The van der Waals surface area contributed by atoms with Crippen LogP contribution in [0.1, 0.15) is 42.1 Å². The van der Waals surface area contributed by atoms with Crippen LogP contribution in [0.5, 0.6) is 0 Å². The van der Waals surface area contributed by atoms with Crippen LogP contribution in [0, 0.1) is 0 Å². The number of carbonyl (C=O) groups is 1. The molecule has 8 heteroatoms. The molecule has 0 aliphatic rings. The van der Waals surface area contributed by atoms with Crippen LogP contribution in [0.25, 0.3) is 22.6 Å². The van der Waals surface area contributed by atoms with Crippen molar-refractivity contribution in [1.29, 1.82) is 0 Å². The molecule has 0 aliphatic heterocycles. The van der Waals surface area contributed by atoms with Crippen LogP contribution in [-0.4, -0.2) is 16.0 Å². The Morgan fingerprint density at radius 1 is 1.09 bits per heavy atom. The minimum absolute atomic E-state index is 0.152. The highest BCUT2D eigenvalue weighted by atomic mass is 35.5. The van der Waals surface area contributed by atoms with E-state index in [-0.39, 0.29) is 5.11 Å². The number of amides is 1. The van der Waals surface area contributed by atoms with Gasteiger partial charge in [0.05, 0.1) is 10.0 Å². The Bertz CT molecular complexity index is 1350. The molecule has 0 saturated heterocycles. The van der Waals surface area contributed by atoms with E-state index < -0.39 is 5.91 Å². The summed E-state index contributed by atoms with van der Waals surface area (Å²) in [5, 5.41) is 6.47. The second kappa shape index (κ2) is 9.91. The number of fused-ring (bicyclic) bond motifs is 1. The van der Waals surface area contributed by atoms with E-state index in [0.29, 0.717) is 33.1 Å². The lowest BCUT2D eigenvalue weighted by atomic mass is 9.98. The van der Waals surface area contributed by atoms with Crippen molar-refractivity contribution in [2.75, 3.05) is 5.32 Å². The first-order chi connectivity index (χ1) is 15.8. The van der Waals surface area contributed by atoms with Gasteiger partial charge in [0.1, 0.15) is 5.52 Å². The zero-order chi connectivity index (χ0) is 23.5. The predicted molar refractivity (Wildman–Crippen MR) is 138 cm³/mol. The molecule has 0 bridgehead atoms. The van der Waals surface area contributed by atoms with E-state index in [2.05, 4.69) is 41.6 Å². The number of thiocarbonyl (C=S) groups is 1. The van der Waals surface area contributed by atoms with E-state index in [1.165, 1.54) is 11.6 Å². The van der Waals surface area contributed by atoms with Gasteiger partial charge in [0.2, 0.25) is 5.89 Å². The van der Waals surface area contributed by atoms with E-state index in [4.69, 9.17) is 39.8 Å². The zero-order valence-electron chi connectivity index (χ0n) is 18.0. The van der Waals surface area contributed by atoms with Gasteiger partial charge >= 0.3 is 0 Å². The fraction of sp³-hybridized carbons (Fsp3) is 0.160. The Hall–Kier alpha value is -2.93. The zero-order valence-corrected chi connectivity index (χ0v) is 20.3. The van der Waals surface area contributed by atoms with Gasteiger partial charge in [-0.2, -0.15) is 0 Å². The van der Waals surface area contributed by atoms with Gasteiger partial charge in [-0.25, -0.2) is 4.98 Å². The summed E-state index contributed by atoms with van der Waals surface area (Å²) < 4.78 is 5.96. The van der Waals surface area contributed by atoms with Crippen molar-refractivity contribution in [1.82, 2.24) is 10.3 Å². The molecule has 0 spiro atoms. The Kier molecular flexibility index (Phi) is 6.98. The van der Waals surface area contributed by atoms with Gasteiger partial charge in [-0.05, 0) is 78.7 Å². The number of carbonyl (C=O) groups excluding carboxylic acids is 1. The largest absolute Gasteiger partial charge is 0.436 e. The van der Waals surface area contributed by atoms with Crippen LogP contribution >= 0.6 is 35.4 Å². The van der Waals surface area contributed by atoms with E-state index in [1.807, 2.05) is 30.3 Å². The van der Waals surface area contributed by atoms with E-state index in [0.717, 1.165) is 23.1 Å². The molecular weight excluding hydrogens is 477 g/mol. The first-order valence-corrected chi connectivity index (χ1v) is 11.6. The molecule has 1 unspecified atom stereocenters. The normalized spacial score (nSPS) is 11.9. The van der Waals surface area contributed by atoms with Crippen LogP contribution in [0.4, 0.5) is 5.69 Å². The second-order valence-electron chi connectivity index (χ2n) is 7.67. The Morgan fingerprint density at radius 2 is 1.91 bits per heavy atom. The number of rotatable bonds is 5. The lowest BCUT2D eigenvalue weighted by Gasteiger charge is -2.10. The van der Waals surface area contributed by atoms with Crippen molar-refractivity contribution in [3.8, 4) is 11.5 Å². The molecule has 5 nitrogen and oxygen atoms in total. The van der Waals surface area contributed by atoms with Crippen molar-refractivity contribution in [2.45, 2.75) is 26.2 Å². The Morgan fingerprint density at radius 3 is 2.67 bits per heavy atom. The van der Waals surface area contributed by atoms with Crippen molar-refractivity contribution in [3.63, 3.8) is 0 Å². The number of nitrogens with one attached hydrogen (secondary N) is 2. The minimum Gasteiger partial charge on any atom is -0.436 e. The van der Waals surface area contributed by atoms with Crippen LogP contribution in [0.2, 0.25) is 10.0 Å². The molecule has 0 radical (unpaired) electrons. The summed E-state index contributed by atoms with van der Waals surface area (Å²) in [7, 11) is 0. The van der Waals surface area contributed by atoms with Crippen molar-refractivity contribution in [3.05, 3.63) is 81.8 Å². The average molecular weight is 498 g/mol. The fourth-order valence-corrected chi connectivity index (χ4v) is 3.82. The van der Waals surface area contributed by atoms with Crippen LogP contribution < -0.4 is 10.6 Å². The molecule has 2 N–H and O–H groups in total. The molecule has 1 aromatic heterocycles. The number of benzene rings is 3. The van der Waals surface area contributed by atoms with Crippen molar-refractivity contribution in [2.24, 2.45) is 0 Å². The molecule has 1 atom stereocenters. The summed E-state index contributed by atoms with van der Waals surface area (Å²) in [5.74, 6) is 0.584. The van der Waals surface area contributed by atoms with Crippen LogP contribution in [0.15, 0.2) is 65.1 Å². The number of hydrogen-bond acceptors (Lipinski definition) is 4. The van der Waals surface area contributed by atoms with Crippen molar-refractivity contribution >= 4 is 63.2 Å². The summed E-state index contributed by atoms with van der Waals surface area (Å²) in [5.41, 5.74) is 4.63. The summed E-state index contributed by atoms with van der Waals surface area (Å²) in [6.07, 6.45) is 1.06. The topological polar surface area (TPSA) is 67.2 Å². The quantitative estimate of drug-likeness (QED) is 0.280. The van der Waals surface area contributed by atoms with E-state index >= 15 is 0 Å². The summed E-state index contributed by atoms with van der Waals surface area (Å²) >= 11 is 17.2. The smallest absolute Gasteiger partial charge is 0.257 e. The van der Waals surface area contributed by atoms with E-state index in [1.54, 1.807) is 12.1 Å². The number of halogens is 2. The van der Waals surface area contributed by atoms with Gasteiger partial charge in [0.25, 0.3) is 5.91 Å². The molecule has 0 aliphatic carbocycles. The standard InChI is InChI=1S/C25H21Cl2N3O2S/c1-3-14(2)15-8-10-22-21(13-15)29-24(32-22)17-5-4-6-18(11-17)28-25(33)30-23(31)16-7-9-19(26)20(27)12-16/h4-14H,3H2,1-2H3,(H2,28,30,31,33). The average Bonchev–Trinajstić information content (AvgIpc) is 3.24. The van der Waals surface area contributed by atoms with Crippen LogP contribution in [0.3, 0.4) is 0 Å². The molecule has 0 fully saturated rings. The monoisotopic (exact) mass is 497 g/mol. The maximum absolute atomic E-state index is 12.4. The first kappa shape index (κ1) is 23.2. The number of nitrogens with zero attached hydrogens (tertiary/aromatic N) is 1. The molecule has 1 heterocycles. The minimum atomic E-state index is -0.390. The molecule has 3 aromatic carbocycles. The third-order valence-electron chi connectivity index (χ3n) is 5.37. The molecule has 1 amide bonds. The predicted octanol–water partition coefficient (Wildman–Crippen LogP) is 7.44. The van der Waals surface area contributed by atoms with Gasteiger partial charge < -0.3 is 9.73 Å². The highest BCUT2D eigenvalue weighted by Crippen LogP contribution is 2.29. The number of aromatic nitrogens is 1. The third kappa shape index (κ3) is 5.36. The van der Waals surface area contributed by atoms with Gasteiger partial charge in [-0.3, -0.25) is 10.1 Å². The van der Waals surface area contributed by atoms with Gasteiger partial charge in [-0.1, -0.05) is 49.2 Å². The number of hydrogen-bond donors (Lipinski definition) is 2. The molecule has 33 heavy (non-hydrogen) atoms. The SMILES string of the molecule is CCC(C)c1ccc2oc(-c3cccc(NC(=S)NC(=O)c4ccc(Cl)c(Cl)c4)c3)nc2c1. The lowest BCUT2D eigenvalue weighted by Crippen LogP contribution is -2.34. The number of oxazole rings is 1.